The van der Waals surface area contributed by atoms with Crippen molar-refractivity contribution in [1.29, 1.82) is 0 Å². The Bertz CT molecular complexity index is 2890. The molecule has 0 aliphatic heterocycles. The van der Waals surface area contributed by atoms with Crippen molar-refractivity contribution < 1.29 is 30.0 Å². The minimum Gasteiger partial charge on any atom is -0.501 e. The van der Waals surface area contributed by atoms with Crippen molar-refractivity contribution in [3.8, 4) is 33.6 Å². The summed E-state index contributed by atoms with van der Waals surface area (Å²) in [5.41, 5.74) is 9.22. The zero-order valence-electron chi connectivity index (χ0n) is 35.1. The molecule has 6 aromatic carbocycles. The molecule has 1 atom stereocenters. The van der Waals surface area contributed by atoms with E-state index >= 15 is 0 Å². The first kappa shape index (κ1) is 32.9. The van der Waals surface area contributed by atoms with Crippen molar-refractivity contribution in [2.75, 3.05) is 0 Å². The van der Waals surface area contributed by atoms with Crippen molar-refractivity contribution >= 4 is 46.0 Å². The molecule has 9 rings (SSSR count). The average molecular weight is 911 g/mol. The molecule has 9 aromatic rings. The van der Waals surface area contributed by atoms with Crippen molar-refractivity contribution in [2.24, 2.45) is 0 Å². The second-order valence-corrected chi connectivity index (χ2v) is 19.5. The van der Waals surface area contributed by atoms with E-state index in [9.17, 15) is 1.37 Å². The number of aromatic nitrogens is 2. The average Bonchev–Trinajstić information content (AvgIpc) is 3.63. The zero-order valence-corrected chi connectivity index (χ0v) is 34.5. The Morgan fingerprint density at radius 2 is 1.40 bits per heavy atom. The van der Waals surface area contributed by atoms with Crippen LogP contribution in [0.25, 0.3) is 66.4 Å². The van der Waals surface area contributed by atoms with Crippen LogP contribution in [0.1, 0.15) is 35.0 Å². The van der Waals surface area contributed by atoms with Gasteiger partial charge in [-0.05, 0) is 56.0 Å². The smallest absolute Gasteiger partial charge is 0.120 e. The Balaban J connectivity index is 0.000000180. The molecule has 0 bridgehead atoms. The predicted molar refractivity (Wildman–Crippen MR) is 229 cm³/mol. The molecule has 1 radical (unpaired) electrons. The van der Waals surface area contributed by atoms with Gasteiger partial charge in [-0.3, -0.25) is 0 Å². The van der Waals surface area contributed by atoms with Gasteiger partial charge >= 0.3 is 0 Å². The van der Waals surface area contributed by atoms with E-state index in [0.717, 1.165) is 66.4 Å². The number of furan rings is 1. The van der Waals surface area contributed by atoms with E-state index in [-0.39, 0.29) is 20.1 Å². The van der Waals surface area contributed by atoms with Crippen LogP contribution in [-0.2, 0) is 20.1 Å². The van der Waals surface area contributed by atoms with Gasteiger partial charge in [0.2, 0.25) is 0 Å². The molecule has 0 saturated heterocycles. The van der Waals surface area contributed by atoms with Gasteiger partial charge in [-0.25, -0.2) is 0 Å². The van der Waals surface area contributed by atoms with Gasteiger partial charge in [-0.15, -0.1) is 53.1 Å². The number of rotatable bonds is 6. The Labute approximate surface area is 344 Å². The van der Waals surface area contributed by atoms with Crippen LogP contribution in [0.5, 0.6) is 0 Å². The fourth-order valence-electron chi connectivity index (χ4n) is 6.96. The molecule has 0 aliphatic rings. The Hall–Kier alpha value is -5.45. The summed E-state index contributed by atoms with van der Waals surface area (Å²) >= 11 is 0. The van der Waals surface area contributed by atoms with Crippen LogP contribution in [0.15, 0.2) is 162 Å². The summed E-state index contributed by atoms with van der Waals surface area (Å²) in [5, 5.41) is 5.48. The molecule has 1 unspecified atom stereocenters. The molecule has 3 nitrogen and oxygen atoms in total. The molecule has 0 N–H and O–H groups in total. The van der Waals surface area contributed by atoms with Gasteiger partial charge < -0.3 is 14.4 Å². The van der Waals surface area contributed by atoms with E-state index < -0.39 is 20.8 Å². The zero-order chi connectivity index (χ0) is 40.7. The summed E-state index contributed by atoms with van der Waals surface area (Å²) in [5.74, 6) is -0.960. The summed E-state index contributed by atoms with van der Waals surface area (Å²) < 4.78 is 38.2. The normalized spacial score (nSPS) is 13.7. The third kappa shape index (κ3) is 7.88. The number of hydrogen-bond acceptors (Lipinski definition) is 3. The first-order valence-corrected chi connectivity index (χ1v) is 21.6. The maximum absolute atomic E-state index is 9.31. The summed E-state index contributed by atoms with van der Waals surface area (Å²) in [6, 6.07) is 54.0. The number of fused-ring (bicyclic) bond motifs is 4. The monoisotopic (exact) mass is 911 g/mol. The Morgan fingerprint density at radius 3 is 2.13 bits per heavy atom. The minimum absolute atomic E-state index is 0. The van der Waals surface area contributed by atoms with Gasteiger partial charge in [0, 0.05) is 43.4 Å². The van der Waals surface area contributed by atoms with E-state index in [1.807, 2.05) is 104 Å². The second kappa shape index (κ2) is 16.1. The largest absolute Gasteiger partial charge is 0.501 e. The fraction of sp³-hybridized carbons (Fsp3) is 0.120. The molecule has 0 saturated carbocycles. The van der Waals surface area contributed by atoms with Gasteiger partial charge in [-0.2, -0.15) is 0 Å². The summed E-state index contributed by atoms with van der Waals surface area (Å²) in [6.07, 6.45) is 3.87. The predicted octanol–water partition coefficient (Wildman–Crippen LogP) is 12.8. The van der Waals surface area contributed by atoms with Crippen LogP contribution >= 0.6 is 0 Å². The number of hydrogen-bond donors (Lipinski definition) is 0. The molecular weight excluding hydrogens is 865 g/mol. The maximum Gasteiger partial charge on any atom is 0.120 e. The molecule has 0 spiro atoms. The first-order chi connectivity index (χ1) is 27.8. The topological polar surface area (TPSA) is 38.9 Å². The minimum atomic E-state index is -2.11. The van der Waals surface area contributed by atoms with E-state index in [1.54, 1.807) is 18.2 Å². The van der Waals surface area contributed by atoms with Crippen molar-refractivity contribution in [3.05, 3.63) is 187 Å². The van der Waals surface area contributed by atoms with Crippen molar-refractivity contribution in [3.63, 3.8) is 0 Å². The molecule has 5 heteroatoms. The maximum atomic E-state index is 9.31. The Morgan fingerprint density at radius 1 is 0.709 bits per heavy atom. The molecule has 3 aromatic heterocycles. The standard InChI is InChI=1S/C29H20NO.C21H22NSi.Ir/c1-19(20-9-3-2-4-10-20)23-15-16-24(26-17-21-11-5-6-12-22(21)18-30-26)29-28(23)25-13-7-8-14-27(25)31-29;1-16-10-12-18(13-11-16)20-14-19(17-8-6-5-7-9-17)21(15-22-20)23(2,3)4;/h2-15,17-19H,1H3;5-12,14-15H,1-4H3;/q2*-1;/i19D;1D3;. The Kier molecular flexibility index (Phi) is 9.64. The SMILES string of the molecule is [2H]C(C)(c1ccccc1)c1c[c-]c(-c2cc3ccccc3cn2)c2oc3ccccc3c12.[2H]C([2H])([2H])c1c[c-]c(-c2cc(-c3ccccc3)c([Si](C)(C)C)cn2)cc1.[Ir]. The van der Waals surface area contributed by atoms with Crippen LogP contribution in [-0.4, -0.2) is 18.0 Å². The summed E-state index contributed by atoms with van der Waals surface area (Å²) in [4.78, 5) is 9.37. The van der Waals surface area contributed by atoms with Gasteiger partial charge in [0.15, 0.2) is 0 Å². The van der Waals surface area contributed by atoms with Gasteiger partial charge in [-0.1, -0.05) is 160 Å². The van der Waals surface area contributed by atoms with Gasteiger partial charge in [0.1, 0.15) is 5.58 Å². The van der Waals surface area contributed by atoms with Crippen molar-refractivity contribution in [2.45, 2.75) is 39.3 Å². The third-order valence-corrected chi connectivity index (χ3v) is 11.9. The quantitative estimate of drug-likeness (QED) is 0.123. The number of aryl methyl sites for hydroxylation is 1. The van der Waals surface area contributed by atoms with Crippen LogP contribution in [0.2, 0.25) is 19.6 Å². The van der Waals surface area contributed by atoms with Crippen molar-refractivity contribution in [1.82, 2.24) is 9.97 Å². The fourth-order valence-corrected chi connectivity index (χ4v) is 8.44. The molecule has 0 amide bonds. The third-order valence-electron chi connectivity index (χ3n) is 9.84. The molecular formula is C50H42IrN2OSi-2. The number of nitrogens with zero attached hydrogens (tertiary/aromatic N) is 2. The van der Waals surface area contributed by atoms with Crippen LogP contribution in [0.4, 0.5) is 0 Å². The molecule has 0 aliphatic carbocycles. The van der Waals surface area contributed by atoms with Gasteiger partial charge in [0.05, 0.1) is 13.7 Å². The molecule has 3 heterocycles. The molecule has 55 heavy (non-hydrogen) atoms. The molecule has 273 valence electrons. The van der Waals surface area contributed by atoms with Gasteiger partial charge in [0.25, 0.3) is 0 Å². The number of benzene rings is 6. The van der Waals surface area contributed by atoms with Crippen LogP contribution in [0.3, 0.4) is 0 Å². The van der Waals surface area contributed by atoms with E-state index in [1.165, 1.54) is 16.3 Å². The van der Waals surface area contributed by atoms with Crippen LogP contribution < -0.4 is 5.19 Å². The summed E-state index contributed by atoms with van der Waals surface area (Å²) in [7, 11) is -1.57. The van der Waals surface area contributed by atoms with Crippen LogP contribution in [0, 0.1) is 19.0 Å². The summed E-state index contributed by atoms with van der Waals surface area (Å²) in [6.45, 7) is 6.76. The van der Waals surface area contributed by atoms with E-state index in [0.29, 0.717) is 5.56 Å². The number of para-hydroxylation sites is 1. The molecule has 0 fully saturated rings. The second-order valence-electron chi connectivity index (χ2n) is 14.5. The van der Waals surface area contributed by atoms with E-state index in [4.69, 9.17) is 13.5 Å². The van der Waals surface area contributed by atoms with E-state index in [2.05, 4.69) is 79.2 Å². The first-order valence-electron chi connectivity index (χ1n) is 20.1. The number of pyridine rings is 2.